The van der Waals surface area contributed by atoms with Gasteiger partial charge in [0, 0.05) is 25.8 Å². The van der Waals surface area contributed by atoms with Gasteiger partial charge in [0.2, 0.25) is 0 Å². The zero-order chi connectivity index (χ0) is 13.9. The highest BCUT2D eigenvalue weighted by Crippen LogP contribution is 2.14. The minimum absolute atomic E-state index is 0.373. The Hall–Kier alpha value is -0.900. The summed E-state index contributed by atoms with van der Waals surface area (Å²) in [5.74, 6) is 0.619. The molecule has 108 valence electrons. The maximum Gasteiger partial charge on any atom is 0.0489 e. The van der Waals surface area contributed by atoms with E-state index < -0.39 is 0 Å². The number of ether oxygens (including phenoxy) is 1. The van der Waals surface area contributed by atoms with Gasteiger partial charge in [-0.3, -0.25) is 10.9 Å². The lowest BCUT2D eigenvalue weighted by Gasteiger charge is -2.18. The van der Waals surface area contributed by atoms with E-state index in [4.69, 9.17) is 4.74 Å². The number of rotatable bonds is 10. The molecule has 19 heavy (non-hydrogen) atoms. The summed E-state index contributed by atoms with van der Waals surface area (Å²) >= 11 is 0. The summed E-state index contributed by atoms with van der Waals surface area (Å²) in [6.07, 6.45) is 2.10. The number of hydrogen-bond donors (Lipinski definition) is 2. The van der Waals surface area contributed by atoms with E-state index in [1.165, 1.54) is 5.56 Å². The predicted octanol–water partition coefficient (Wildman–Crippen LogP) is 3.29. The molecule has 3 heteroatoms. The first-order chi connectivity index (χ1) is 9.24. The Bertz CT molecular complexity index is 314. The first-order valence-corrected chi connectivity index (χ1v) is 7.35. The van der Waals surface area contributed by atoms with Crippen LogP contribution in [-0.2, 0) is 4.74 Å². The Morgan fingerprint density at radius 3 is 2.53 bits per heavy atom. The highest BCUT2D eigenvalue weighted by Gasteiger charge is 2.06. The molecule has 0 heterocycles. The molecule has 0 saturated carbocycles. The smallest absolute Gasteiger partial charge is 0.0489 e. The molecule has 2 N–H and O–H groups in total. The zero-order valence-electron chi connectivity index (χ0n) is 12.5. The van der Waals surface area contributed by atoms with E-state index in [0.717, 1.165) is 32.6 Å². The molecule has 0 radical (unpaired) electrons. The molecule has 0 aromatic heterocycles. The topological polar surface area (TPSA) is 33.3 Å². The summed E-state index contributed by atoms with van der Waals surface area (Å²) in [6.45, 7) is 9.15. The molecule has 0 bridgehead atoms. The van der Waals surface area contributed by atoms with Crippen molar-refractivity contribution < 1.29 is 4.74 Å². The van der Waals surface area contributed by atoms with E-state index >= 15 is 0 Å². The van der Waals surface area contributed by atoms with Crippen LogP contribution in [0.15, 0.2) is 30.3 Å². The highest BCUT2D eigenvalue weighted by atomic mass is 16.5. The van der Waals surface area contributed by atoms with Crippen LogP contribution < -0.4 is 10.9 Å². The van der Waals surface area contributed by atoms with Crippen molar-refractivity contribution in [1.82, 2.24) is 10.9 Å². The van der Waals surface area contributed by atoms with Crippen LogP contribution in [0.4, 0.5) is 0 Å². The average Bonchev–Trinajstić information content (AvgIpc) is 2.42. The van der Waals surface area contributed by atoms with Crippen molar-refractivity contribution in [2.24, 2.45) is 5.92 Å². The lowest BCUT2D eigenvalue weighted by molar-refractivity contribution is 0.107. The van der Waals surface area contributed by atoms with Crippen LogP contribution in [0.5, 0.6) is 0 Å². The normalized spacial score (nSPS) is 12.8. The fraction of sp³-hybridized carbons (Fsp3) is 0.625. The molecule has 0 aliphatic carbocycles. The zero-order valence-corrected chi connectivity index (χ0v) is 12.5. The molecular weight excluding hydrogens is 236 g/mol. The summed E-state index contributed by atoms with van der Waals surface area (Å²) in [6, 6.07) is 10.9. The van der Waals surface area contributed by atoms with Crippen molar-refractivity contribution in [2.75, 3.05) is 19.8 Å². The first kappa shape index (κ1) is 16.2. The second-order valence-corrected chi connectivity index (χ2v) is 5.26. The van der Waals surface area contributed by atoms with Gasteiger partial charge < -0.3 is 4.74 Å². The molecule has 1 atom stereocenters. The standard InChI is InChI=1S/C16H28N2O/c1-4-16(15-9-6-5-7-10-15)18-17-11-8-12-19-13-14(2)3/h5-7,9-10,14,16-18H,4,8,11-13H2,1-3H3. The molecule has 1 unspecified atom stereocenters. The van der Waals surface area contributed by atoms with Crippen molar-refractivity contribution in [3.8, 4) is 0 Å². The van der Waals surface area contributed by atoms with Crippen LogP contribution in [0.3, 0.4) is 0 Å². The summed E-state index contributed by atoms with van der Waals surface area (Å²) in [5.41, 5.74) is 8.00. The molecule has 3 nitrogen and oxygen atoms in total. The second-order valence-electron chi connectivity index (χ2n) is 5.26. The lowest BCUT2D eigenvalue weighted by atomic mass is 10.1. The van der Waals surface area contributed by atoms with E-state index in [1.807, 2.05) is 0 Å². The average molecular weight is 264 g/mol. The van der Waals surface area contributed by atoms with Gasteiger partial charge in [0.05, 0.1) is 0 Å². The molecule has 0 fully saturated rings. The summed E-state index contributed by atoms with van der Waals surface area (Å²) < 4.78 is 5.55. The Balaban J connectivity index is 2.10. The molecule has 0 saturated heterocycles. The van der Waals surface area contributed by atoms with Gasteiger partial charge in [0.1, 0.15) is 0 Å². The largest absolute Gasteiger partial charge is 0.381 e. The fourth-order valence-electron chi connectivity index (χ4n) is 1.88. The third kappa shape index (κ3) is 7.31. The SMILES string of the molecule is CCC(NNCCCOCC(C)C)c1ccccc1. The van der Waals surface area contributed by atoms with Crippen molar-refractivity contribution in [3.63, 3.8) is 0 Å². The summed E-state index contributed by atoms with van der Waals surface area (Å²) in [7, 11) is 0. The molecule has 1 aromatic carbocycles. The molecule has 1 aromatic rings. The van der Waals surface area contributed by atoms with Gasteiger partial charge >= 0.3 is 0 Å². The van der Waals surface area contributed by atoms with E-state index in [-0.39, 0.29) is 0 Å². The third-order valence-corrected chi connectivity index (χ3v) is 2.93. The molecule has 1 rings (SSSR count). The first-order valence-electron chi connectivity index (χ1n) is 7.35. The molecule has 0 amide bonds. The Morgan fingerprint density at radius 2 is 1.89 bits per heavy atom. The number of hydrazine groups is 1. The molecule has 0 spiro atoms. The van der Waals surface area contributed by atoms with Crippen molar-refractivity contribution >= 4 is 0 Å². The van der Waals surface area contributed by atoms with E-state index in [2.05, 4.69) is 62.0 Å². The number of benzene rings is 1. The Labute approximate surface area is 117 Å². The quantitative estimate of drug-likeness (QED) is 0.502. The van der Waals surface area contributed by atoms with Crippen LogP contribution >= 0.6 is 0 Å². The monoisotopic (exact) mass is 264 g/mol. The maximum atomic E-state index is 5.55. The molecule has 0 aliphatic rings. The van der Waals surface area contributed by atoms with Crippen LogP contribution in [-0.4, -0.2) is 19.8 Å². The van der Waals surface area contributed by atoms with Gasteiger partial charge in [-0.1, -0.05) is 51.1 Å². The third-order valence-electron chi connectivity index (χ3n) is 2.93. The van der Waals surface area contributed by atoms with E-state index in [9.17, 15) is 0 Å². The van der Waals surface area contributed by atoms with Crippen molar-refractivity contribution in [2.45, 2.75) is 39.7 Å². The minimum Gasteiger partial charge on any atom is -0.381 e. The summed E-state index contributed by atoms with van der Waals surface area (Å²) in [4.78, 5) is 0. The van der Waals surface area contributed by atoms with E-state index in [0.29, 0.717) is 12.0 Å². The summed E-state index contributed by atoms with van der Waals surface area (Å²) in [5, 5.41) is 0. The van der Waals surface area contributed by atoms with Gasteiger partial charge in [-0.15, -0.1) is 0 Å². The van der Waals surface area contributed by atoms with Gasteiger partial charge in [-0.25, -0.2) is 0 Å². The van der Waals surface area contributed by atoms with Crippen molar-refractivity contribution in [3.05, 3.63) is 35.9 Å². The number of hydrogen-bond acceptors (Lipinski definition) is 3. The van der Waals surface area contributed by atoms with Gasteiger partial charge in [-0.05, 0) is 24.3 Å². The molecular formula is C16H28N2O. The lowest BCUT2D eigenvalue weighted by Crippen LogP contribution is -2.36. The van der Waals surface area contributed by atoms with Gasteiger partial charge in [0.25, 0.3) is 0 Å². The highest BCUT2D eigenvalue weighted by molar-refractivity contribution is 5.18. The van der Waals surface area contributed by atoms with Crippen molar-refractivity contribution in [1.29, 1.82) is 0 Å². The maximum absolute atomic E-state index is 5.55. The molecule has 0 aliphatic heterocycles. The predicted molar refractivity (Wildman–Crippen MR) is 80.9 cm³/mol. The Morgan fingerprint density at radius 1 is 1.16 bits per heavy atom. The van der Waals surface area contributed by atoms with Gasteiger partial charge in [0.15, 0.2) is 0 Å². The Kier molecular flexibility index (Phi) is 8.47. The van der Waals surface area contributed by atoms with Gasteiger partial charge in [-0.2, -0.15) is 0 Å². The van der Waals surface area contributed by atoms with Crippen LogP contribution in [0.2, 0.25) is 0 Å². The second kappa shape index (κ2) is 9.96. The number of nitrogens with one attached hydrogen (secondary N) is 2. The van der Waals surface area contributed by atoms with Crippen LogP contribution in [0.1, 0.15) is 45.2 Å². The minimum atomic E-state index is 0.373. The van der Waals surface area contributed by atoms with Crippen LogP contribution in [0.25, 0.3) is 0 Å². The van der Waals surface area contributed by atoms with Crippen LogP contribution in [0, 0.1) is 5.92 Å². The van der Waals surface area contributed by atoms with E-state index in [1.54, 1.807) is 0 Å². The fourth-order valence-corrected chi connectivity index (χ4v) is 1.88.